The quantitative estimate of drug-likeness (QED) is 0.545. The van der Waals surface area contributed by atoms with Gasteiger partial charge < -0.3 is 17.2 Å². The predicted molar refractivity (Wildman–Crippen MR) is 45.8 cm³/mol. The summed E-state index contributed by atoms with van der Waals surface area (Å²) >= 11 is 0. The number of pyridine rings is 1. The van der Waals surface area contributed by atoms with Gasteiger partial charge in [-0.1, -0.05) is 0 Å². The first-order valence-electron chi connectivity index (χ1n) is 3.44. The molecule has 0 aromatic carbocycles. The van der Waals surface area contributed by atoms with Crippen LogP contribution in [0.25, 0.3) is 0 Å². The van der Waals surface area contributed by atoms with E-state index in [0.717, 1.165) is 12.1 Å². The fourth-order valence-electron chi connectivity index (χ4n) is 0.911. The van der Waals surface area contributed by atoms with Gasteiger partial charge in [0.1, 0.15) is 5.82 Å². The van der Waals surface area contributed by atoms with Gasteiger partial charge in [-0.25, -0.2) is 4.98 Å². The Bertz CT molecular complexity index is 226. The van der Waals surface area contributed by atoms with E-state index in [1.165, 1.54) is 0 Å². The van der Waals surface area contributed by atoms with Gasteiger partial charge in [-0.3, -0.25) is 0 Å². The third-order valence-electron chi connectivity index (χ3n) is 1.32. The van der Waals surface area contributed by atoms with Crippen LogP contribution in [0.2, 0.25) is 0 Å². The Labute approximate surface area is 65.4 Å². The lowest BCUT2D eigenvalue weighted by Crippen LogP contribution is -2.06. The molecule has 0 fully saturated rings. The molecule has 0 unspecified atom stereocenters. The second-order valence-corrected chi connectivity index (χ2v) is 2.36. The number of hydrogen-bond acceptors (Lipinski definition) is 4. The smallest absolute Gasteiger partial charge is 0.125 e. The maximum absolute atomic E-state index is 5.53. The molecule has 0 amide bonds. The molecular weight excluding hydrogens is 140 g/mol. The Morgan fingerprint density at radius 3 is 2.55 bits per heavy atom. The van der Waals surface area contributed by atoms with E-state index in [-0.39, 0.29) is 0 Å². The zero-order chi connectivity index (χ0) is 8.27. The summed E-state index contributed by atoms with van der Waals surface area (Å²) in [4.78, 5) is 4.04. The van der Waals surface area contributed by atoms with Crippen LogP contribution in [0.4, 0.5) is 11.5 Å². The molecule has 0 saturated carbocycles. The summed E-state index contributed by atoms with van der Waals surface area (Å²) in [5, 5.41) is 0. The van der Waals surface area contributed by atoms with Crippen molar-refractivity contribution < 1.29 is 0 Å². The maximum Gasteiger partial charge on any atom is 0.125 e. The summed E-state index contributed by atoms with van der Waals surface area (Å²) in [5.41, 5.74) is 17.8. The zero-order valence-corrected chi connectivity index (χ0v) is 6.25. The van der Waals surface area contributed by atoms with Gasteiger partial charge in [0.2, 0.25) is 0 Å². The highest BCUT2D eigenvalue weighted by atomic mass is 14.8. The average molecular weight is 152 g/mol. The fraction of sp³-hybridized carbons (Fsp3) is 0.286. The van der Waals surface area contributed by atoms with Gasteiger partial charge in [0.05, 0.1) is 0 Å². The van der Waals surface area contributed by atoms with Crippen molar-refractivity contribution in [2.45, 2.75) is 6.42 Å². The van der Waals surface area contributed by atoms with Gasteiger partial charge in [-0.05, 0) is 12.6 Å². The van der Waals surface area contributed by atoms with Crippen LogP contribution in [0, 0.1) is 0 Å². The topological polar surface area (TPSA) is 91.0 Å². The van der Waals surface area contributed by atoms with Gasteiger partial charge >= 0.3 is 0 Å². The summed E-state index contributed by atoms with van der Waals surface area (Å²) in [6.07, 6.45) is 0.718. The first kappa shape index (κ1) is 7.81. The third-order valence-corrected chi connectivity index (χ3v) is 1.32. The lowest BCUT2D eigenvalue weighted by Gasteiger charge is -2.00. The molecule has 0 saturated heterocycles. The van der Waals surface area contributed by atoms with Crippen LogP contribution >= 0.6 is 0 Å². The summed E-state index contributed by atoms with van der Waals surface area (Å²) < 4.78 is 0. The minimum atomic E-state index is 0.452. The molecule has 0 aliphatic heterocycles. The first-order chi connectivity index (χ1) is 5.22. The molecule has 1 rings (SSSR count). The van der Waals surface area contributed by atoms with Crippen LogP contribution in [0.3, 0.4) is 0 Å². The summed E-state index contributed by atoms with van der Waals surface area (Å²) in [5.74, 6) is 0.452. The Kier molecular flexibility index (Phi) is 2.28. The molecule has 1 aromatic rings. The molecule has 6 N–H and O–H groups in total. The molecule has 4 heteroatoms. The number of anilines is 2. The Morgan fingerprint density at radius 2 is 2.00 bits per heavy atom. The van der Waals surface area contributed by atoms with E-state index >= 15 is 0 Å². The van der Waals surface area contributed by atoms with Crippen molar-refractivity contribution in [1.82, 2.24) is 4.98 Å². The molecule has 4 nitrogen and oxygen atoms in total. The fourth-order valence-corrected chi connectivity index (χ4v) is 0.911. The lowest BCUT2D eigenvalue weighted by atomic mass is 10.2. The molecular formula is C7H12N4. The van der Waals surface area contributed by atoms with Crippen LogP contribution in [-0.4, -0.2) is 11.5 Å². The van der Waals surface area contributed by atoms with E-state index in [1.54, 1.807) is 12.1 Å². The largest absolute Gasteiger partial charge is 0.399 e. The summed E-state index contributed by atoms with van der Waals surface area (Å²) in [6, 6.07) is 3.41. The lowest BCUT2D eigenvalue weighted by molar-refractivity contribution is 0.927. The van der Waals surface area contributed by atoms with Crippen molar-refractivity contribution >= 4 is 11.5 Å². The molecule has 11 heavy (non-hydrogen) atoms. The maximum atomic E-state index is 5.53. The van der Waals surface area contributed by atoms with Crippen LogP contribution in [0.1, 0.15) is 5.69 Å². The summed E-state index contributed by atoms with van der Waals surface area (Å²) in [6.45, 7) is 0.565. The van der Waals surface area contributed by atoms with Crippen molar-refractivity contribution in [2.24, 2.45) is 5.73 Å². The zero-order valence-electron chi connectivity index (χ0n) is 6.25. The van der Waals surface area contributed by atoms with Gasteiger partial charge in [-0.2, -0.15) is 0 Å². The van der Waals surface area contributed by atoms with E-state index in [4.69, 9.17) is 17.2 Å². The van der Waals surface area contributed by atoms with Crippen molar-refractivity contribution in [3.05, 3.63) is 17.8 Å². The number of nitrogen functional groups attached to an aromatic ring is 2. The summed E-state index contributed by atoms with van der Waals surface area (Å²) in [7, 11) is 0. The van der Waals surface area contributed by atoms with Gasteiger partial charge in [0.25, 0.3) is 0 Å². The second-order valence-electron chi connectivity index (χ2n) is 2.36. The van der Waals surface area contributed by atoms with Crippen molar-refractivity contribution in [3.8, 4) is 0 Å². The minimum absolute atomic E-state index is 0.452. The van der Waals surface area contributed by atoms with Crippen molar-refractivity contribution in [2.75, 3.05) is 18.0 Å². The molecule has 1 aromatic heterocycles. The van der Waals surface area contributed by atoms with Crippen LogP contribution < -0.4 is 17.2 Å². The van der Waals surface area contributed by atoms with E-state index in [9.17, 15) is 0 Å². The molecule has 60 valence electrons. The highest BCUT2D eigenvalue weighted by molar-refractivity contribution is 5.47. The predicted octanol–water partition coefficient (Wildman–Crippen LogP) is -0.253. The number of aromatic nitrogens is 1. The third kappa shape index (κ3) is 2.09. The van der Waals surface area contributed by atoms with Crippen LogP contribution in [0.5, 0.6) is 0 Å². The van der Waals surface area contributed by atoms with Gasteiger partial charge in [-0.15, -0.1) is 0 Å². The van der Waals surface area contributed by atoms with E-state index in [1.807, 2.05) is 0 Å². The Hall–Kier alpha value is -1.29. The van der Waals surface area contributed by atoms with Gasteiger partial charge in [0, 0.05) is 23.9 Å². The van der Waals surface area contributed by atoms with E-state index in [2.05, 4.69) is 4.98 Å². The number of nitrogens with zero attached hydrogens (tertiary/aromatic N) is 1. The molecule has 0 bridgehead atoms. The minimum Gasteiger partial charge on any atom is -0.399 e. The second kappa shape index (κ2) is 3.21. The monoisotopic (exact) mass is 152 g/mol. The number of rotatable bonds is 2. The normalized spacial score (nSPS) is 9.91. The van der Waals surface area contributed by atoms with Crippen LogP contribution in [0.15, 0.2) is 12.1 Å². The first-order valence-corrected chi connectivity index (χ1v) is 3.44. The van der Waals surface area contributed by atoms with Crippen molar-refractivity contribution in [1.29, 1.82) is 0 Å². The van der Waals surface area contributed by atoms with Gasteiger partial charge in [0.15, 0.2) is 0 Å². The number of nitrogens with two attached hydrogens (primary N) is 3. The average Bonchev–Trinajstić information content (AvgIpc) is 1.85. The van der Waals surface area contributed by atoms with E-state index in [0.29, 0.717) is 18.1 Å². The molecule has 0 atom stereocenters. The highest BCUT2D eigenvalue weighted by Crippen LogP contribution is 2.08. The van der Waals surface area contributed by atoms with Crippen molar-refractivity contribution in [3.63, 3.8) is 0 Å². The standard InChI is InChI=1S/C7H12N4/c8-2-1-6-3-5(9)4-7(10)11-6/h3-4H,1-2,8H2,(H4,9,10,11). The number of hydrogen-bond donors (Lipinski definition) is 3. The Balaban J connectivity index is 2.89. The molecule has 0 radical (unpaired) electrons. The molecule has 0 aliphatic carbocycles. The molecule has 0 spiro atoms. The highest BCUT2D eigenvalue weighted by Gasteiger charge is 1.95. The van der Waals surface area contributed by atoms with E-state index < -0.39 is 0 Å². The molecule has 0 aliphatic rings. The Morgan fingerprint density at radius 1 is 1.27 bits per heavy atom. The van der Waals surface area contributed by atoms with Crippen LogP contribution in [-0.2, 0) is 6.42 Å². The molecule has 1 heterocycles. The SMILES string of the molecule is NCCc1cc(N)cc(N)n1.